The summed E-state index contributed by atoms with van der Waals surface area (Å²) in [4.78, 5) is 24.6. The first-order valence-electron chi connectivity index (χ1n) is 11.2. The molecule has 1 unspecified atom stereocenters. The van der Waals surface area contributed by atoms with E-state index < -0.39 is 17.4 Å². The molecule has 0 saturated heterocycles. The third-order valence-corrected chi connectivity index (χ3v) is 5.16. The topological polar surface area (TPSA) is 52.6 Å². The van der Waals surface area contributed by atoms with Crippen molar-refractivity contribution >= 4 is 11.9 Å². The van der Waals surface area contributed by atoms with Crippen LogP contribution in [-0.4, -0.2) is 24.6 Å². The minimum absolute atomic E-state index is 0.161. The number of carbonyl (C=O) groups excluding carboxylic acids is 2. The largest absolute Gasteiger partial charge is 0.465 e. The van der Waals surface area contributed by atoms with Crippen LogP contribution in [0.1, 0.15) is 112 Å². The average molecular weight is 385 g/mol. The lowest BCUT2D eigenvalue weighted by molar-refractivity contribution is -0.174. The summed E-state index contributed by atoms with van der Waals surface area (Å²) in [5.41, 5.74) is -1.25. The summed E-state index contributed by atoms with van der Waals surface area (Å²) in [7, 11) is 0. The molecule has 0 saturated carbocycles. The van der Waals surface area contributed by atoms with Crippen molar-refractivity contribution < 1.29 is 19.1 Å². The number of ether oxygens (including phenoxy) is 2. The molecule has 0 aromatic carbocycles. The number of hydrogen-bond acceptors (Lipinski definition) is 4. The van der Waals surface area contributed by atoms with Crippen LogP contribution in [0.3, 0.4) is 0 Å². The Labute approximate surface area is 167 Å². The first-order valence-corrected chi connectivity index (χ1v) is 11.2. The predicted molar refractivity (Wildman–Crippen MR) is 112 cm³/mol. The van der Waals surface area contributed by atoms with E-state index in [9.17, 15) is 9.59 Å². The summed E-state index contributed by atoms with van der Waals surface area (Å²) in [6, 6.07) is 0. The Kier molecular flexibility index (Phi) is 14.3. The van der Waals surface area contributed by atoms with Gasteiger partial charge >= 0.3 is 11.9 Å². The summed E-state index contributed by atoms with van der Waals surface area (Å²) < 4.78 is 10.8. The van der Waals surface area contributed by atoms with Crippen molar-refractivity contribution in [1.29, 1.82) is 0 Å². The van der Waals surface area contributed by atoms with Crippen LogP contribution in [0.2, 0.25) is 0 Å². The highest BCUT2D eigenvalue weighted by atomic mass is 16.6. The van der Waals surface area contributed by atoms with Gasteiger partial charge in [-0.05, 0) is 32.6 Å². The van der Waals surface area contributed by atoms with Gasteiger partial charge in [-0.2, -0.15) is 0 Å². The van der Waals surface area contributed by atoms with Gasteiger partial charge in [0.2, 0.25) is 0 Å². The molecule has 0 bridgehead atoms. The summed E-state index contributed by atoms with van der Waals surface area (Å²) >= 11 is 0. The first kappa shape index (κ1) is 25.9. The predicted octanol–water partition coefficient (Wildman–Crippen LogP) is 6.45. The van der Waals surface area contributed by atoms with Crippen LogP contribution in [0.15, 0.2) is 0 Å². The Hall–Kier alpha value is -1.06. The molecule has 0 heterocycles. The van der Waals surface area contributed by atoms with Crippen molar-refractivity contribution in [3.05, 3.63) is 0 Å². The van der Waals surface area contributed by atoms with Gasteiger partial charge in [0.15, 0.2) is 5.41 Å². The molecular formula is C23H44O4. The molecule has 0 radical (unpaired) electrons. The van der Waals surface area contributed by atoms with E-state index >= 15 is 0 Å². The second-order valence-corrected chi connectivity index (χ2v) is 8.54. The highest BCUT2D eigenvalue weighted by Gasteiger charge is 2.40. The van der Waals surface area contributed by atoms with Gasteiger partial charge in [-0.15, -0.1) is 0 Å². The lowest BCUT2D eigenvalue weighted by Gasteiger charge is -2.26. The number of esters is 2. The summed E-state index contributed by atoms with van der Waals surface area (Å²) in [6.45, 7) is 11.8. The lowest BCUT2D eigenvalue weighted by Crippen LogP contribution is -2.39. The van der Waals surface area contributed by atoms with E-state index in [0.717, 1.165) is 19.3 Å². The molecule has 4 heteroatoms. The molecule has 0 aliphatic heterocycles. The van der Waals surface area contributed by atoms with Crippen LogP contribution in [0.25, 0.3) is 0 Å². The second kappa shape index (κ2) is 14.9. The number of carbonyl (C=O) groups is 2. The van der Waals surface area contributed by atoms with Gasteiger partial charge in [0, 0.05) is 0 Å². The summed E-state index contributed by atoms with van der Waals surface area (Å²) in [6.07, 6.45) is 12.9. The molecule has 0 amide bonds. The zero-order chi connectivity index (χ0) is 20.7. The summed E-state index contributed by atoms with van der Waals surface area (Å²) in [5.74, 6) is -0.740. The van der Waals surface area contributed by atoms with E-state index in [0.29, 0.717) is 6.61 Å². The molecule has 1 atom stereocenters. The van der Waals surface area contributed by atoms with Crippen molar-refractivity contribution in [2.24, 2.45) is 11.3 Å². The van der Waals surface area contributed by atoms with Crippen LogP contribution >= 0.6 is 0 Å². The highest BCUT2D eigenvalue weighted by Crippen LogP contribution is 2.23. The van der Waals surface area contributed by atoms with Crippen LogP contribution < -0.4 is 0 Å². The van der Waals surface area contributed by atoms with E-state index in [2.05, 4.69) is 6.92 Å². The maximum atomic E-state index is 12.4. The zero-order valence-electron chi connectivity index (χ0n) is 18.8. The van der Waals surface area contributed by atoms with Crippen molar-refractivity contribution in [3.63, 3.8) is 0 Å². The average Bonchev–Trinajstić information content (AvgIpc) is 2.63. The van der Waals surface area contributed by atoms with Gasteiger partial charge in [0.25, 0.3) is 0 Å². The Morgan fingerprint density at radius 3 is 1.70 bits per heavy atom. The Balaban J connectivity index is 3.91. The Morgan fingerprint density at radius 1 is 0.778 bits per heavy atom. The molecule has 0 N–H and O–H groups in total. The molecule has 0 rings (SSSR count). The molecule has 0 spiro atoms. The quantitative estimate of drug-likeness (QED) is 0.174. The molecule has 0 aromatic heterocycles. The van der Waals surface area contributed by atoms with E-state index in [-0.39, 0.29) is 12.0 Å². The molecule has 4 nitrogen and oxygen atoms in total. The third-order valence-electron chi connectivity index (χ3n) is 5.16. The van der Waals surface area contributed by atoms with Gasteiger partial charge in [-0.3, -0.25) is 9.59 Å². The second-order valence-electron chi connectivity index (χ2n) is 8.54. The maximum Gasteiger partial charge on any atom is 0.323 e. The van der Waals surface area contributed by atoms with Crippen LogP contribution in [-0.2, 0) is 19.1 Å². The SMILES string of the molecule is CCCCCCCCCCCCOC(=O)C(C)(C)C(=O)OC(CC)C(C)C. The molecule has 160 valence electrons. The minimum Gasteiger partial charge on any atom is -0.465 e. The molecular weight excluding hydrogens is 340 g/mol. The number of unbranched alkanes of at least 4 members (excludes halogenated alkanes) is 9. The van der Waals surface area contributed by atoms with E-state index in [4.69, 9.17) is 9.47 Å². The van der Waals surface area contributed by atoms with Crippen molar-refractivity contribution in [2.75, 3.05) is 6.61 Å². The van der Waals surface area contributed by atoms with Gasteiger partial charge in [0.05, 0.1) is 6.61 Å². The third kappa shape index (κ3) is 11.4. The van der Waals surface area contributed by atoms with Gasteiger partial charge in [-0.1, -0.05) is 85.5 Å². The van der Waals surface area contributed by atoms with Gasteiger partial charge < -0.3 is 9.47 Å². The van der Waals surface area contributed by atoms with Crippen molar-refractivity contribution in [3.8, 4) is 0 Å². The maximum absolute atomic E-state index is 12.4. The van der Waals surface area contributed by atoms with Crippen molar-refractivity contribution in [2.45, 2.75) is 118 Å². The van der Waals surface area contributed by atoms with Gasteiger partial charge in [0.1, 0.15) is 6.10 Å². The molecule has 0 fully saturated rings. The monoisotopic (exact) mass is 384 g/mol. The normalized spacial score (nSPS) is 12.9. The van der Waals surface area contributed by atoms with Gasteiger partial charge in [-0.25, -0.2) is 0 Å². The standard InChI is InChI=1S/C23H44O4/c1-7-9-10-11-12-13-14-15-16-17-18-26-21(24)23(5,6)22(25)27-20(8-2)19(3)4/h19-20H,7-18H2,1-6H3. The molecule has 0 aliphatic carbocycles. The van der Waals surface area contributed by atoms with E-state index in [1.54, 1.807) is 13.8 Å². The smallest absolute Gasteiger partial charge is 0.323 e. The fourth-order valence-corrected chi connectivity index (χ4v) is 2.99. The van der Waals surface area contributed by atoms with E-state index in [1.165, 1.54) is 51.4 Å². The fourth-order valence-electron chi connectivity index (χ4n) is 2.99. The van der Waals surface area contributed by atoms with Crippen LogP contribution in [0.5, 0.6) is 0 Å². The number of hydrogen-bond donors (Lipinski definition) is 0. The van der Waals surface area contributed by atoms with Crippen molar-refractivity contribution in [1.82, 2.24) is 0 Å². The fraction of sp³-hybridized carbons (Fsp3) is 0.913. The highest BCUT2D eigenvalue weighted by molar-refractivity contribution is 5.99. The Morgan fingerprint density at radius 2 is 1.26 bits per heavy atom. The molecule has 0 aliphatic rings. The number of rotatable bonds is 16. The minimum atomic E-state index is -1.25. The van der Waals surface area contributed by atoms with Crippen LogP contribution in [0.4, 0.5) is 0 Å². The summed E-state index contributed by atoms with van der Waals surface area (Å²) in [5, 5.41) is 0. The zero-order valence-corrected chi connectivity index (χ0v) is 18.8. The van der Waals surface area contributed by atoms with E-state index in [1.807, 2.05) is 20.8 Å². The first-order chi connectivity index (χ1) is 12.8. The molecule has 0 aromatic rings. The Bertz CT molecular complexity index is 401. The molecule has 27 heavy (non-hydrogen) atoms. The van der Waals surface area contributed by atoms with Crippen LogP contribution in [0, 0.1) is 11.3 Å². The lowest BCUT2D eigenvalue weighted by atomic mass is 9.93.